The van der Waals surface area contributed by atoms with Gasteiger partial charge in [-0.1, -0.05) is 0 Å². The van der Waals surface area contributed by atoms with Crippen LogP contribution < -0.4 is 0 Å². The van der Waals surface area contributed by atoms with E-state index in [1.54, 1.807) is 53.4 Å². The second-order valence-corrected chi connectivity index (χ2v) is 5.35. The number of imidazole rings is 1. The summed E-state index contributed by atoms with van der Waals surface area (Å²) in [6.45, 7) is 2.70. The molecule has 1 atom stereocenters. The van der Waals surface area contributed by atoms with Gasteiger partial charge in [-0.15, -0.1) is 0 Å². The van der Waals surface area contributed by atoms with Crippen LogP contribution in [-0.2, 0) is 0 Å². The van der Waals surface area contributed by atoms with Gasteiger partial charge in [0.2, 0.25) is 0 Å². The third-order valence-electron chi connectivity index (χ3n) is 3.50. The lowest BCUT2D eigenvalue weighted by Crippen LogP contribution is -2.33. The summed E-state index contributed by atoms with van der Waals surface area (Å²) in [6, 6.07) is 3.53. The summed E-state index contributed by atoms with van der Waals surface area (Å²) in [5, 5.41) is 9.91. The number of β-amino-alcohol motifs (C(OH)–C–C–N with tert-alkyl or cyclic N) is 1. The normalized spacial score (nSPS) is 22.2. The van der Waals surface area contributed by atoms with Crippen LogP contribution in [0.4, 0.5) is 0 Å². The summed E-state index contributed by atoms with van der Waals surface area (Å²) >= 11 is 0. The largest absolute Gasteiger partial charge is 0.388 e. The molecule has 0 saturated carbocycles. The van der Waals surface area contributed by atoms with Crippen LogP contribution in [0.2, 0.25) is 0 Å². The number of hydrogen-bond donors (Lipinski definition) is 1. The molecule has 1 saturated heterocycles. The van der Waals surface area contributed by atoms with Crippen LogP contribution in [0.25, 0.3) is 5.82 Å². The second-order valence-electron chi connectivity index (χ2n) is 5.35. The van der Waals surface area contributed by atoms with Gasteiger partial charge in [-0.3, -0.25) is 9.36 Å². The van der Waals surface area contributed by atoms with Crippen molar-refractivity contribution in [1.29, 1.82) is 0 Å². The zero-order chi connectivity index (χ0) is 14.2. The Hall–Kier alpha value is -2.21. The molecule has 2 aromatic heterocycles. The molecular formula is C14H16N4O2. The molecule has 0 bridgehead atoms. The maximum Gasteiger partial charge on any atom is 0.255 e. The molecule has 1 N–H and O–H groups in total. The van der Waals surface area contributed by atoms with E-state index < -0.39 is 5.60 Å². The van der Waals surface area contributed by atoms with Crippen LogP contribution in [0.1, 0.15) is 23.7 Å². The molecule has 3 rings (SSSR count). The maximum atomic E-state index is 12.3. The molecule has 1 aliphatic rings. The molecule has 1 aliphatic heterocycles. The number of aliphatic hydroxyl groups is 1. The Kier molecular flexibility index (Phi) is 3.02. The van der Waals surface area contributed by atoms with Crippen molar-refractivity contribution in [2.24, 2.45) is 0 Å². The van der Waals surface area contributed by atoms with Crippen molar-refractivity contribution in [2.75, 3.05) is 13.1 Å². The molecule has 104 valence electrons. The fourth-order valence-electron chi connectivity index (χ4n) is 2.36. The fourth-order valence-corrected chi connectivity index (χ4v) is 2.36. The van der Waals surface area contributed by atoms with Crippen LogP contribution in [-0.4, -0.2) is 49.1 Å². The van der Waals surface area contributed by atoms with Crippen LogP contribution in [0.5, 0.6) is 0 Å². The number of amides is 1. The molecule has 6 heteroatoms. The molecule has 1 unspecified atom stereocenters. The molecule has 0 spiro atoms. The number of likely N-dealkylation sites (tertiary alicyclic amines) is 1. The van der Waals surface area contributed by atoms with E-state index in [0.29, 0.717) is 30.9 Å². The van der Waals surface area contributed by atoms with Crippen LogP contribution in [0.15, 0.2) is 37.1 Å². The number of carbonyl (C=O) groups excluding carboxylic acids is 1. The first-order valence-corrected chi connectivity index (χ1v) is 6.51. The maximum absolute atomic E-state index is 12.3. The number of nitrogens with zero attached hydrogens (tertiary/aromatic N) is 4. The van der Waals surface area contributed by atoms with Crippen molar-refractivity contribution < 1.29 is 9.90 Å². The molecular weight excluding hydrogens is 256 g/mol. The monoisotopic (exact) mass is 272 g/mol. The van der Waals surface area contributed by atoms with Gasteiger partial charge in [-0.05, 0) is 25.5 Å². The minimum Gasteiger partial charge on any atom is -0.388 e. The van der Waals surface area contributed by atoms with E-state index in [0.717, 1.165) is 0 Å². The minimum atomic E-state index is -0.778. The lowest BCUT2D eigenvalue weighted by molar-refractivity contribution is 0.0572. The van der Waals surface area contributed by atoms with Gasteiger partial charge >= 0.3 is 0 Å². The van der Waals surface area contributed by atoms with Gasteiger partial charge in [0.25, 0.3) is 5.91 Å². The number of aromatic nitrogens is 3. The molecule has 1 amide bonds. The molecule has 2 aromatic rings. The van der Waals surface area contributed by atoms with Crippen LogP contribution in [0, 0.1) is 0 Å². The second kappa shape index (κ2) is 4.72. The van der Waals surface area contributed by atoms with E-state index in [1.165, 1.54) is 0 Å². The van der Waals surface area contributed by atoms with Crippen molar-refractivity contribution in [1.82, 2.24) is 19.4 Å². The highest BCUT2D eigenvalue weighted by Crippen LogP contribution is 2.22. The van der Waals surface area contributed by atoms with Gasteiger partial charge in [0, 0.05) is 31.7 Å². The highest BCUT2D eigenvalue weighted by molar-refractivity contribution is 5.94. The Morgan fingerprint density at radius 2 is 2.30 bits per heavy atom. The topological polar surface area (TPSA) is 71.2 Å². The molecule has 0 radical (unpaired) electrons. The first-order valence-electron chi connectivity index (χ1n) is 6.51. The van der Waals surface area contributed by atoms with E-state index in [1.807, 2.05) is 0 Å². The predicted molar refractivity (Wildman–Crippen MR) is 72.5 cm³/mol. The van der Waals surface area contributed by atoms with E-state index in [9.17, 15) is 9.90 Å². The number of rotatable bonds is 2. The molecule has 3 heterocycles. The summed E-state index contributed by atoms with van der Waals surface area (Å²) in [4.78, 5) is 22.2. The lowest BCUT2D eigenvalue weighted by atomic mass is 10.1. The SMILES string of the molecule is CC1(O)CCN(C(=O)c2ccc(-n3ccnc3)nc2)C1. The van der Waals surface area contributed by atoms with E-state index in [-0.39, 0.29) is 5.91 Å². The molecule has 6 nitrogen and oxygen atoms in total. The predicted octanol–water partition coefficient (Wildman–Crippen LogP) is 0.864. The summed E-state index contributed by atoms with van der Waals surface area (Å²) < 4.78 is 1.77. The zero-order valence-electron chi connectivity index (χ0n) is 11.2. The average molecular weight is 272 g/mol. The first-order chi connectivity index (χ1) is 9.55. The van der Waals surface area contributed by atoms with E-state index >= 15 is 0 Å². The number of pyridine rings is 1. The van der Waals surface area contributed by atoms with Gasteiger partial charge in [-0.25, -0.2) is 9.97 Å². The Balaban J connectivity index is 1.76. The number of hydrogen-bond acceptors (Lipinski definition) is 4. The van der Waals surface area contributed by atoms with Crippen LogP contribution in [0.3, 0.4) is 0 Å². The van der Waals surface area contributed by atoms with Crippen molar-refractivity contribution in [2.45, 2.75) is 18.9 Å². The third kappa shape index (κ3) is 2.42. The molecule has 1 fully saturated rings. The van der Waals surface area contributed by atoms with Gasteiger partial charge in [0.1, 0.15) is 12.1 Å². The van der Waals surface area contributed by atoms with Crippen LogP contribution >= 0.6 is 0 Å². The fraction of sp³-hybridized carbons (Fsp3) is 0.357. The standard InChI is InChI=1S/C14H16N4O2/c1-14(20)4-6-17(9-14)13(19)11-2-3-12(16-8-11)18-7-5-15-10-18/h2-3,5,7-8,10,20H,4,6,9H2,1H3. The Morgan fingerprint density at radius 3 is 2.85 bits per heavy atom. The smallest absolute Gasteiger partial charge is 0.255 e. The quantitative estimate of drug-likeness (QED) is 0.880. The lowest BCUT2D eigenvalue weighted by Gasteiger charge is -2.19. The van der Waals surface area contributed by atoms with Crippen molar-refractivity contribution in [3.05, 3.63) is 42.6 Å². The molecule has 0 aromatic carbocycles. The summed E-state index contributed by atoms with van der Waals surface area (Å²) in [5.74, 6) is 0.625. The highest BCUT2D eigenvalue weighted by Gasteiger charge is 2.34. The van der Waals surface area contributed by atoms with Crippen molar-refractivity contribution >= 4 is 5.91 Å². The zero-order valence-corrected chi connectivity index (χ0v) is 11.2. The van der Waals surface area contributed by atoms with Crippen molar-refractivity contribution in [3.63, 3.8) is 0 Å². The van der Waals surface area contributed by atoms with Gasteiger partial charge in [0.15, 0.2) is 0 Å². The summed E-state index contributed by atoms with van der Waals surface area (Å²) in [7, 11) is 0. The highest BCUT2D eigenvalue weighted by atomic mass is 16.3. The minimum absolute atomic E-state index is 0.0903. The van der Waals surface area contributed by atoms with E-state index in [2.05, 4.69) is 9.97 Å². The Morgan fingerprint density at radius 1 is 1.45 bits per heavy atom. The third-order valence-corrected chi connectivity index (χ3v) is 3.50. The first kappa shape index (κ1) is 12.8. The van der Waals surface area contributed by atoms with Gasteiger partial charge in [-0.2, -0.15) is 0 Å². The summed E-state index contributed by atoms with van der Waals surface area (Å²) in [5.41, 5.74) is -0.244. The van der Waals surface area contributed by atoms with E-state index in [4.69, 9.17) is 0 Å². The molecule has 20 heavy (non-hydrogen) atoms. The van der Waals surface area contributed by atoms with Gasteiger partial charge in [0.05, 0.1) is 11.2 Å². The van der Waals surface area contributed by atoms with Gasteiger partial charge < -0.3 is 10.0 Å². The Bertz CT molecular complexity index is 605. The average Bonchev–Trinajstić information content (AvgIpc) is 3.07. The summed E-state index contributed by atoms with van der Waals surface area (Å²) in [6.07, 6.45) is 7.29. The molecule has 0 aliphatic carbocycles. The number of carbonyl (C=O) groups is 1. The van der Waals surface area contributed by atoms with Crippen molar-refractivity contribution in [3.8, 4) is 5.82 Å². The Labute approximate surface area is 116 Å².